The van der Waals surface area contributed by atoms with Crippen LogP contribution in [0.4, 0.5) is 4.79 Å². The van der Waals surface area contributed by atoms with Gasteiger partial charge in [0.1, 0.15) is 18.0 Å². The van der Waals surface area contributed by atoms with Crippen molar-refractivity contribution in [2.75, 3.05) is 26.2 Å². The number of halogens is 1. The quantitative estimate of drug-likeness (QED) is 0.539. The Labute approximate surface area is 222 Å². The summed E-state index contributed by atoms with van der Waals surface area (Å²) in [5, 5.41) is 10.4. The molecule has 194 valence electrons. The van der Waals surface area contributed by atoms with Gasteiger partial charge in [0, 0.05) is 56.3 Å². The van der Waals surface area contributed by atoms with Crippen molar-refractivity contribution in [2.24, 2.45) is 0 Å². The zero-order valence-electron chi connectivity index (χ0n) is 21.4. The third-order valence-corrected chi connectivity index (χ3v) is 6.97. The van der Waals surface area contributed by atoms with Crippen molar-refractivity contribution in [3.8, 4) is 0 Å². The first-order valence-electron chi connectivity index (χ1n) is 12.5. The molecule has 0 bridgehead atoms. The molecule has 1 aliphatic heterocycles. The van der Waals surface area contributed by atoms with Crippen molar-refractivity contribution >= 4 is 29.3 Å². The fourth-order valence-electron chi connectivity index (χ4n) is 5.05. The van der Waals surface area contributed by atoms with Crippen molar-refractivity contribution in [3.63, 3.8) is 0 Å². The molecule has 0 spiro atoms. The summed E-state index contributed by atoms with van der Waals surface area (Å²) in [5.74, 6) is 0.606. The number of fused-ring (bicyclic) bond motifs is 2. The van der Waals surface area contributed by atoms with Crippen molar-refractivity contribution in [2.45, 2.75) is 45.6 Å². The van der Waals surface area contributed by atoms with Gasteiger partial charge in [-0.2, -0.15) is 0 Å². The second-order valence-electron chi connectivity index (χ2n) is 10.4. The molecule has 2 aromatic heterocycles. The summed E-state index contributed by atoms with van der Waals surface area (Å²) in [4.78, 5) is 25.9. The van der Waals surface area contributed by atoms with Crippen LogP contribution < -0.4 is 0 Å². The van der Waals surface area contributed by atoms with Crippen LogP contribution in [0.1, 0.15) is 55.0 Å². The van der Waals surface area contributed by atoms with Gasteiger partial charge in [-0.3, -0.25) is 9.88 Å². The normalized spacial score (nSPS) is 18.0. The van der Waals surface area contributed by atoms with Gasteiger partial charge in [-0.1, -0.05) is 23.7 Å². The number of ether oxygens (including phenoxy) is 1. The summed E-state index contributed by atoms with van der Waals surface area (Å²) in [7, 11) is 0. The van der Waals surface area contributed by atoms with Crippen molar-refractivity contribution < 1.29 is 14.6 Å². The molecule has 3 aromatic rings. The van der Waals surface area contributed by atoms with Crippen LogP contribution in [-0.2, 0) is 17.9 Å². The highest BCUT2D eigenvalue weighted by Gasteiger charge is 2.34. The topological polar surface area (TPSA) is 83.7 Å². The van der Waals surface area contributed by atoms with Gasteiger partial charge in [0.2, 0.25) is 0 Å². The number of nitrogens with zero attached hydrogens (tertiary/aromatic N) is 5. The highest BCUT2D eigenvalue weighted by Crippen LogP contribution is 2.41. The lowest BCUT2D eigenvalue weighted by molar-refractivity contribution is 0.0118. The van der Waals surface area contributed by atoms with E-state index in [-0.39, 0.29) is 18.7 Å². The fourth-order valence-corrected chi connectivity index (χ4v) is 5.22. The van der Waals surface area contributed by atoms with E-state index in [4.69, 9.17) is 21.3 Å². The van der Waals surface area contributed by atoms with Gasteiger partial charge in [-0.15, -0.1) is 0 Å². The van der Waals surface area contributed by atoms with Crippen LogP contribution in [0.5, 0.6) is 0 Å². The van der Waals surface area contributed by atoms with Crippen molar-refractivity contribution in [1.82, 2.24) is 24.3 Å². The molecule has 0 radical (unpaired) electrons. The molecule has 1 fully saturated rings. The molecule has 1 saturated heterocycles. The average molecular weight is 522 g/mol. The molecule has 1 atom stereocenters. The Kier molecular flexibility index (Phi) is 7.07. The number of allylic oxidation sites excluding steroid dienone is 1. The molecule has 5 rings (SSSR count). The number of pyridine rings is 1. The van der Waals surface area contributed by atoms with E-state index < -0.39 is 5.60 Å². The molecule has 1 N–H and O–H groups in total. The summed E-state index contributed by atoms with van der Waals surface area (Å²) < 4.78 is 7.55. The summed E-state index contributed by atoms with van der Waals surface area (Å²) in [6, 6.07) is 9.95. The van der Waals surface area contributed by atoms with E-state index in [0.29, 0.717) is 43.6 Å². The summed E-state index contributed by atoms with van der Waals surface area (Å²) in [5.41, 5.74) is 4.71. The van der Waals surface area contributed by atoms with Crippen LogP contribution in [0.15, 0.2) is 48.9 Å². The Balaban J connectivity index is 1.50. The number of imidazole rings is 1. The summed E-state index contributed by atoms with van der Waals surface area (Å²) in [6.45, 7) is 8.58. The van der Waals surface area contributed by atoms with Crippen LogP contribution >= 0.6 is 11.6 Å². The number of rotatable bonds is 4. The van der Waals surface area contributed by atoms with E-state index in [9.17, 15) is 9.90 Å². The number of carbonyl (C=O) groups is 1. The Hall–Kier alpha value is -3.20. The van der Waals surface area contributed by atoms with E-state index in [1.165, 1.54) is 0 Å². The lowest BCUT2D eigenvalue weighted by Gasteiger charge is -2.40. The Bertz CT molecular complexity index is 1320. The monoisotopic (exact) mass is 521 g/mol. The van der Waals surface area contributed by atoms with Gasteiger partial charge >= 0.3 is 6.09 Å². The number of piperazine rings is 1. The molecule has 2 aliphatic rings. The minimum atomic E-state index is -0.524. The van der Waals surface area contributed by atoms with Crippen molar-refractivity contribution in [1.29, 1.82) is 0 Å². The molecule has 3 heterocycles. The van der Waals surface area contributed by atoms with Gasteiger partial charge in [-0.05, 0) is 67.3 Å². The molecule has 1 aliphatic carbocycles. The minimum absolute atomic E-state index is 0.0990. The van der Waals surface area contributed by atoms with E-state index in [1.54, 1.807) is 11.1 Å². The molecule has 37 heavy (non-hydrogen) atoms. The molecule has 1 amide bonds. The number of aliphatic hydroxyl groups is 1. The first kappa shape index (κ1) is 25.4. The zero-order valence-corrected chi connectivity index (χ0v) is 22.1. The predicted molar refractivity (Wildman–Crippen MR) is 143 cm³/mol. The Morgan fingerprint density at radius 3 is 2.65 bits per heavy atom. The second kappa shape index (κ2) is 10.3. The Morgan fingerprint density at radius 1 is 1.14 bits per heavy atom. The number of aromatic nitrogens is 3. The van der Waals surface area contributed by atoms with Gasteiger partial charge in [0.25, 0.3) is 0 Å². The van der Waals surface area contributed by atoms with Crippen LogP contribution in [0.25, 0.3) is 11.6 Å². The minimum Gasteiger partial charge on any atom is -0.444 e. The molecule has 0 saturated carbocycles. The van der Waals surface area contributed by atoms with Crippen LogP contribution in [0, 0.1) is 0 Å². The predicted octanol–water partition coefficient (Wildman–Crippen LogP) is 4.62. The zero-order chi connectivity index (χ0) is 26.2. The lowest BCUT2D eigenvalue weighted by atomic mass is 9.93. The second-order valence-corrected chi connectivity index (χ2v) is 10.9. The first-order chi connectivity index (χ1) is 17.7. The van der Waals surface area contributed by atoms with Gasteiger partial charge < -0.3 is 19.3 Å². The maximum atomic E-state index is 12.7. The summed E-state index contributed by atoms with van der Waals surface area (Å²) in [6.07, 6.45) is 7.29. The van der Waals surface area contributed by atoms with Crippen LogP contribution in [0.2, 0.25) is 5.02 Å². The molecule has 8 nitrogen and oxygen atoms in total. The van der Waals surface area contributed by atoms with Crippen molar-refractivity contribution in [3.05, 3.63) is 82.2 Å². The maximum Gasteiger partial charge on any atom is 0.410 e. The average Bonchev–Trinajstić information content (AvgIpc) is 3.26. The molecule has 0 unspecified atom stereocenters. The number of hydrogen-bond acceptors (Lipinski definition) is 6. The van der Waals surface area contributed by atoms with Crippen LogP contribution in [-0.4, -0.2) is 67.3 Å². The SMILES string of the molecule is CC(C)(C)OC(=O)N1CCN([C@H]2c3ccc(Cl)cc3C(Cn3ccnc3CO)=Cc3cccnc32)CC1. The van der Waals surface area contributed by atoms with E-state index >= 15 is 0 Å². The molecule has 9 heteroatoms. The van der Waals surface area contributed by atoms with E-state index in [1.807, 2.05) is 55.9 Å². The maximum absolute atomic E-state index is 12.7. The van der Waals surface area contributed by atoms with Gasteiger partial charge in [-0.25, -0.2) is 9.78 Å². The van der Waals surface area contributed by atoms with Crippen LogP contribution in [0.3, 0.4) is 0 Å². The number of hydrogen-bond donors (Lipinski definition) is 1. The highest BCUT2D eigenvalue weighted by molar-refractivity contribution is 6.30. The summed E-state index contributed by atoms with van der Waals surface area (Å²) >= 11 is 6.51. The number of amides is 1. The number of benzene rings is 1. The lowest BCUT2D eigenvalue weighted by Crippen LogP contribution is -2.51. The largest absolute Gasteiger partial charge is 0.444 e. The third-order valence-electron chi connectivity index (χ3n) is 6.73. The third kappa shape index (κ3) is 5.42. The van der Waals surface area contributed by atoms with E-state index in [0.717, 1.165) is 28.0 Å². The van der Waals surface area contributed by atoms with Gasteiger partial charge in [0.15, 0.2) is 0 Å². The molecular weight excluding hydrogens is 490 g/mol. The molecule has 1 aromatic carbocycles. The smallest absolute Gasteiger partial charge is 0.410 e. The fraction of sp³-hybridized carbons (Fsp3) is 0.393. The van der Waals surface area contributed by atoms with E-state index in [2.05, 4.69) is 28.1 Å². The number of carbonyl (C=O) groups excluding carboxylic acids is 1. The molecular formula is C28H32ClN5O3. The Morgan fingerprint density at radius 2 is 1.92 bits per heavy atom. The first-order valence-corrected chi connectivity index (χ1v) is 12.9. The number of aliphatic hydroxyl groups excluding tert-OH is 1. The highest BCUT2D eigenvalue weighted by atomic mass is 35.5. The standard InChI is InChI=1S/C28H32ClN5O3/c1-28(2,3)37-27(36)33-13-11-32(12-14-33)26-22-7-6-21(29)16-23(22)20(15-19-5-4-8-31-25(19)26)17-34-10-9-30-24(34)18-35/h4-10,15-16,26,35H,11-14,17-18H2,1-3H3/t26-/m0/s1. The van der Waals surface area contributed by atoms with Gasteiger partial charge in [0.05, 0.1) is 11.7 Å².